The molecule has 0 atom stereocenters. The molecule has 0 fully saturated rings. The summed E-state index contributed by atoms with van der Waals surface area (Å²) in [5, 5.41) is 2.87. The summed E-state index contributed by atoms with van der Waals surface area (Å²) >= 11 is 2.05. The number of allylic oxidation sites excluding steroid dienone is 2. The molecule has 0 radical (unpaired) electrons. The Morgan fingerprint density at radius 2 is 0.570 bits per heavy atom. The van der Waals surface area contributed by atoms with Gasteiger partial charge in [-0.1, -0.05) is 207 Å². The number of aryl methyl sites for hydroxylation is 2. The number of hydrogen-bond acceptors (Lipinski definition) is 0. The molecule has 0 unspecified atom stereocenters. The van der Waals surface area contributed by atoms with Crippen molar-refractivity contribution in [1.29, 1.82) is 0 Å². The topological polar surface area (TPSA) is 25.3 Å². The van der Waals surface area contributed by atoms with Gasteiger partial charge in [0, 0.05) is 22.3 Å². The third-order valence-corrected chi connectivity index (χ3v) is 18.5. The van der Waals surface area contributed by atoms with Gasteiger partial charge in [-0.3, -0.25) is 0 Å². The normalized spacial score (nSPS) is 12.7. The molecule has 2 aromatic carbocycles. The Bertz CT molecular complexity index is 1680. The molecule has 0 saturated carbocycles. The molecule has 0 saturated heterocycles. The van der Waals surface area contributed by atoms with Crippen LogP contribution in [0.1, 0.15) is 385 Å². The summed E-state index contributed by atoms with van der Waals surface area (Å²) in [5.74, 6) is 0. The number of unbranched alkanes of at least 4 members (excludes halogenated alkanes) is 42. The Labute approximate surface area is 501 Å². The Hall–Kier alpha value is -1.99. The van der Waals surface area contributed by atoms with Gasteiger partial charge in [-0.2, -0.15) is 0 Å². The molecule has 458 valence electrons. The van der Waals surface area contributed by atoms with Gasteiger partial charge in [-0.25, -0.2) is 4.70 Å². The van der Waals surface area contributed by atoms with Crippen LogP contribution in [-0.2, 0) is 27.3 Å². The van der Waals surface area contributed by atoms with Crippen LogP contribution in [0.25, 0.3) is 16.9 Å². The fraction of sp³-hybridized carbons (Fsp3) is 0.789. The summed E-state index contributed by atoms with van der Waals surface area (Å²) in [6.45, 7) is 13.6. The van der Waals surface area contributed by atoms with Gasteiger partial charge < -0.3 is 5.53 Å². The summed E-state index contributed by atoms with van der Waals surface area (Å²) in [6.07, 6.45) is 72.5. The monoisotopic (exact) mass is 1130 g/mol. The standard InChI is InChI=1S/C34H48N2.2C21H43.Ni/c1-5-9-13-14-21-32-31(20-12-8-4)33(29-24-22-27(23-25-29)16-10-6-2)36(35)34(32)30-19-15-18-28(26-30)17-11-7-3;2*1-3-5-7-9-11-13-15-17-19-21-20-18-16-14-12-10-8-6-4-2;/h15,18-19,22-26H,5-14,16-17,20-21H2,1-4H3;2*1,3-21H2,2H3;. The first-order valence-electron chi connectivity index (χ1n) is 35.6. The molecule has 3 heteroatoms. The maximum absolute atomic E-state index is 11.8. The van der Waals surface area contributed by atoms with E-state index in [1.807, 2.05) is 14.4 Å². The van der Waals surface area contributed by atoms with Gasteiger partial charge in [0.25, 0.3) is 0 Å². The average Bonchev–Trinajstić information content (AvgIpc) is 3.82. The second-order valence-corrected chi connectivity index (χ2v) is 26.2. The number of nitrogens with zero attached hydrogens (tertiary/aromatic N) is 2. The SMILES string of the molecule is CCCCCCC1=C(c2cccc(CCCC)c2)[N+](=[N-])C(c2ccc(CCCC)cc2)=C1CCCC.CCCCCCCCCCCCCCCCCCCC[CH2][Ni][CH2]CCCCCCCCCCCCCCCCCCCC. The van der Waals surface area contributed by atoms with Gasteiger partial charge in [0.15, 0.2) is 0 Å². The molecule has 3 rings (SSSR count). The Kier molecular flexibility index (Phi) is 51.1. The van der Waals surface area contributed by atoms with Crippen LogP contribution in [0.4, 0.5) is 0 Å². The zero-order valence-electron chi connectivity index (χ0n) is 54.0. The van der Waals surface area contributed by atoms with Crippen LogP contribution >= 0.6 is 0 Å². The molecule has 2 nitrogen and oxygen atoms in total. The predicted molar refractivity (Wildman–Crippen MR) is 352 cm³/mol. The molecule has 0 spiro atoms. The van der Waals surface area contributed by atoms with E-state index in [4.69, 9.17) is 0 Å². The van der Waals surface area contributed by atoms with Crippen LogP contribution < -0.4 is 0 Å². The number of rotatable bonds is 56. The van der Waals surface area contributed by atoms with E-state index in [0.29, 0.717) is 0 Å². The molecular formula is C76H134N2Ni. The van der Waals surface area contributed by atoms with E-state index in [2.05, 4.69) is 90.1 Å². The molecule has 0 aliphatic carbocycles. The molecule has 1 heterocycles. The summed E-state index contributed by atoms with van der Waals surface area (Å²) < 4.78 is 1.54. The van der Waals surface area contributed by atoms with Gasteiger partial charge in [0.1, 0.15) is 0 Å². The first kappa shape index (κ1) is 73.1. The molecule has 1 aliphatic heterocycles. The quantitative estimate of drug-likeness (QED) is 0.0358. The van der Waals surface area contributed by atoms with Crippen LogP contribution in [0.5, 0.6) is 0 Å². The zero-order chi connectivity index (χ0) is 56.7. The first-order chi connectivity index (χ1) is 39.1. The molecular weight excluding hydrogens is 1000 g/mol. The fourth-order valence-corrected chi connectivity index (χ4v) is 13.1. The second-order valence-electron chi connectivity index (χ2n) is 24.7. The summed E-state index contributed by atoms with van der Waals surface area (Å²) in [5.41, 5.74) is 21.6. The fourth-order valence-electron chi connectivity index (χ4n) is 11.9. The third-order valence-electron chi connectivity index (χ3n) is 17.1. The molecule has 2 aromatic rings. The number of hydrogen-bond donors (Lipinski definition) is 0. The summed E-state index contributed by atoms with van der Waals surface area (Å²) in [7, 11) is 0. The van der Waals surface area contributed by atoms with Crippen molar-refractivity contribution in [2.75, 3.05) is 0 Å². The predicted octanol–water partition coefficient (Wildman–Crippen LogP) is 27.5. The van der Waals surface area contributed by atoms with Crippen molar-refractivity contribution in [1.82, 2.24) is 0 Å². The molecule has 0 N–H and O–H groups in total. The van der Waals surface area contributed by atoms with Gasteiger partial charge >= 0.3 is 166 Å². The van der Waals surface area contributed by atoms with Crippen molar-refractivity contribution in [3.05, 3.63) is 87.5 Å². The molecule has 1 aliphatic rings. The summed E-state index contributed by atoms with van der Waals surface area (Å²) in [4.78, 5) is 0. The average molecular weight is 1130 g/mol. The Balaban J connectivity index is 0.000000547. The second kappa shape index (κ2) is 55.2. The van der Waals surface area contributed by atoms with Crippen molar-refractivity contribution in [2.45, 2.75) is 386 Å². The van der Waals surface area contributed by atoms with Crippen molar-refractivity contribution in [3.63, 3.8) is 0 Å². The zero-order valence-corrected chi connectivity index (χ0v) is 55.0. The van der Waals surface area contributed by atoms with Crippen LogP contribution in [0.3, 0.4) is 0 Å². The summed E-state index contributed by atoms with van der Waals surface area (Å²) in [6, 6.07) is 17.9. The van der Waals surface area contributed by atoms with E-state index in [-0.39, 0.29) is 0 Å². The van der Waals surface area contributed by atoms with Gasteiger partial charge in [-0.05, 0) is 86.8 Å². The van der Waals surface area contributed by atoms with Crippen LogP contribution in [0.15, 0.2) is 59.7 Å². The minimum atomic E-state index is 1.00. The van der Waals surface area contributed by atoms with E-state index >= 15 is 0 Å². The molecule has 0 bridgehead atoms. The third kappa shape index (κ3) is 38.5. The smallest absolute Gasteiger partial charge is 0.0654 e. The van der Waals surface area contributed by atoms with E-state index in [1.165, 1.54) is 328 Å². The van der Waals surface area contributed by atoms with Crippen molar-refractivity contribution < 1.29 is 19.1 Å². The van der Waals surface area contributed by atoms with Crippen molar-refractivity contribution >= 4 is 11.4 Å². The van der Waals surface area contributed by atoms with Gasteiger partial charge in [0.05, 0.1) is 0 Å². The molecule has 0 aromatic heterocycles. The number of benzene rings is 2. The minimum absolute atomic E-state index is 1.00. The maximum atomic E-state index is 11.8. The van der Waals surface area contributed by atoms with Gasteiger partial charge in [0.2, 0.25) is 11.4 Å². The molecule has 0 amide bonds. The van der Waals surface area contributed by atoms with Crippen LogP contribution in [0, 0.1) is 0 Å². The minimum Gasteiger partial charge on any atom is -0.0654 e. The Morgan fingerprint density at radius 3 is 0.937 bits per heavy atom. The van der Waals surface area contributed by atoms with Crippen molar-refractivity contribution in [2.24, 2.45) is 0 Å². The van der Waals surface area contributed by atoms with Crippen LogP contribution in [0.2, 0.25) is 10.8 Å². The van der Waals surface area contributed by atoms with E-state index in [1.54, 1.807) is 4.70 Å². The Morgan fingerprint density at radius 1 is 0.278 bits per heavy atom. The van der Waals surface area contributed by atoms with Gasteiger partial charge in [-0.15, -0.1) is 0 Å². The van der Waals surface area contributed by atoms with Crippen LogP contribution in [-0.4, -0.2) is 4.70 Å². The van der Waals surface area contributed by atoms with Crippen molar-refractivity contribution in [3.8, 4) is 0 Å². The first-order valence-corrected chi connectivity index (χ1v) is 37.0. The molecule has 79 heavy (non-hydrogen) atoms. The van der Waals surface area contributed by atoms with E-state index < -0.39 is 0 Å². The van der Waals surface area contributed by atoms with E-state index in [9.17, 15) is 5.53 Å². The van der Waals surface area contributed by atoms with E-state index in [0.717, 1.165) is 61.0 Å².